The molecule has 1 aromatic rings. The number of carboxylic acid groups (broad SMARTS) is 1. The van der Waals surface area contributed by atoms with Crippen molar-refractivity contribution in [1.29, 1.82) is 0 Å². The van der Waals surface area contributed by atoms with Gasteiger partial charge in [0.2, 0.25) is 5.91 Å². The monoisotopic (exact) mass is 277 g/mol. The molecule has 2 aliphatic rings. The van der Waals surface area contributed by atoms with Crippen LogP contribution in [0.1, 0.15) is 32.1 Å². The molecule has 2 saturated heterocycles. The second kappa shape index (κ2) is 5.26. The van der Waals surface area contributed by atoms with Gasteiger partial charge in [-0.2, -0.15) is 5.10 Å². The second-order valence-electron chi connectivity index (χ2n) is 5.82. The van der Waals surface area contributed by atoms with E-state index in [4.69, 9.17) is 5.11 Å². The number of nitrogens with zero attached hydrogens (tertiary/aromatic N) is 3. The third-order valence-electron chi connectivity index (χ3n) is 4.44. The summed E-state index contributed by atoms with van der Waals surface area (Å²) in [5, 5.41) is 13.0. The van der Waals surface area contributed by atoms with E-state index in [0.29, 0.717) is 0 Å². The Labute approximate surface area is 117 Å². The van der Waals surface area contributed by atoms with E-state index in [0.717, 1.165) is 25.7 Å². The molecule has 3 rings (SSSR count). The molecule has 6 heteroatoms. The highest BCUT2D eigenvalue weighted by molar-refractivity contribution is 5.77. The largest absolute Gasteiger partial charge is 0.481 e. The van der Waals surface area contributed by atoms with Gasteiger partial charge in [-0.25, -0.2) is 0 Å². The summed E-state index contributed by atoms with van der Waals surface area (Å²) in [5.74, 6) is -0.403. The Morgan fingerprint density at radius 2 is 1.95 bits per heavy atom. The zero-order valence-corrected chi connectivity index (χ0v) is 11.3. The lowest BCUT2D eigenvalue weighted by Gasteiger charge is -2.38. The van der Waals surface area contributed by atoms with Gasteiger partial charge in [-0.1, -0.05) is 0 Å². The Kier molecular flexibility index (Phi) is 3.46. The molecule has 1 N–H and O–H groups in total. The summed E-state index contributed by atoms with van der Waals surface area (Å²) in [6, 6.07) is 2.25. The number of carboxylic acids is 1. The Balaban J connectivity index is 1.64. The quantitative estimate of drug-likeness (QED) is 0.895. The number of aliphatic carboxylic acids is 1. The van der Waals surface area contributed by atoms with Crippen molar-refractivity contribution >= 4 is 11.9 Å². The summed E-state index contributed by atoms with van der Waals surface area (Å²) in [5.41, 5.74) is 0. The lowest BCUT2D eigenvalue weighted by atomic mass is 9.88. The molecule has 1 amide bonds. The van der Waals surface area contributed by atoms with Gasteiger partial charge in [0.15, 0.2) is 0 Å². The fraction of sp³-hybridized carbons (Fsp3) is 0.643. The molecule has 0 spiro atoms. The van der Waals surface area contributed by atoms with Gasteiger partial charge in [0.1, 0.15) is 6.54 Å². The lowest BCUT2D eigenvalue weighted by Crippen LogP contribution is -2.48. The summed E-state index contributed by atoms with van der Waals surface area (Å²) >= 11 is 0. The van der Waals surface area contributed by atoms with Crippen LogP contribution >= 0.6 is 0 Å². The average Bonchev–Trinajstić information content (AvgIpc) is 2.95. The minimum absolute atomic E-state index is 0.106. The molecule has 2 unspecified atom stereocenters. The van der Waals surface area contributed by atoms with Crippen LogP contribution in [0.4, 0.5) is 0 Å². The van der Waals surface area contributed by atoms with Crippen molar-refractivity contribution in [2.45, 2.75) is 50.7 Å². The molecular weight excluding hydrogens is 258 g/mol. The summed E-state index contributed by atoms with van der Waals surface area (Å²) in [4.78, 5) is 25.2. The predicted molar refractivity (Wildman–Crippen MR) is 70.9 cm³/mol. The molecule has 20 heavy (non-hydrogen) atoms. The fourth-order valence-electron chi connectivity index (χ4n) is 3.72. The van der Waals surface area contributed by atoms with E-state index in [1.165, 1.54) is 0 Å². The van der Waals surface area contributed by atoms with E-state index in [-0.39, 0.29) is 36.9 Å². The van der Waals surface area contributed by atoms with Crippen LogP contribution in [0.3, 0.4) is 0 Å². The van der Waals surface area contributed by atoms with Gasteiger partial charge < -0.3 is 10.0 Å². The normalized spacial score (nSPS) is 28.6. The van der Waals surface area contributed by atoms with Gasteiger partial charge in [0, 0.05) is 30.9 Å². The molecule has 2 bridgehead atoms. The smallest absolute Gasteiger partial charge is 0.303 e. The van der Waals surface area contributed by atoms with Gasteiger partial charge >= 0.3 is 5.97 Å². The molecule has 0 aliphatic carbocycles. The van der Waals surface area contributed by atoms with Crippen molar-refractivity contribution in [3.8, 4) is 0 Å². The Morgan fingerprint density at radius 1 is 1.25 bits per heavy atom. The molecule has 0 radical (unpaired) electrons. The molecule has 2 atom stereocenters. The first-order chi connectivity index (χ1) is 9.63. The zero-order valence-electron chi connectivity index (χ0n) is 11.3. The summed E-state index contributed by atoms with van der Waals surface area (Å²) < 4.78 is 1.64. The van der Waals surface area contributed by atoms with E-state index in [1.807, 2.05) is 4.90 Å². The van der Waals surface area contributed by atoms with E-state index in [9.17, 15) is 9.59 Å². The first-order valence-electron chi connectivity index (χ1n) is 7.14. The van der Waals surface area contributed by atoms with E-state index >= 15 is 0 Å². The van der Waals surface area contributed by atoms with Crippen LogP contribution < -0.4 is 0 Å². The highest BCUT2D eigenvalue weighted by Gasteiger charge is 2.43. The molecule has 3 heterocycles. The molecule has 108 valence electrons. The van der Waals surface area contributed by atoms with Crippen LogP contribution in [0.2, 0.25) is 0 Å². The highest BCUT2D eigenvalue weighted by atomic mass is 16.4. The van der Waals surface area contributed by atoms with Crippen LogP contribution in [-0.2, 0) is 16.1 Å². The Bertz CT molecular complexity index is 486. The fourth-order valence-corrected chi connectivity index (χ4v) is 3.72. The van der Waals surface area contributed by atoms with Crippen molar-refractivity contribution in [2.75, 3.05) is 0 Å². The maximum atomic E-state index is 12.4. The Morgan fingerprint density at radius 3 is 2.50 bits per heavy atom. The van der Waals surface area contributed by atoms with Gasteiger partial charge in [0.25, 0.3) is 0 Å². The molecule has 6 nitrogen and oxygen atoms in total. The zero-order chi connectivity index (χ0) is 14.1. The number of aromatic nitrogens is 2. The number of carbonyl (C=O) groups excluding carboxylic acids is 1. The van der Waals surface area contributed by atoms with Crippen LogP contribution in [-0.4, -0.2) is 43.7 Å². The number of hydrogen-bond acceptors (Lipinski definition) is 3. The maximum Gasteiger partial charge on any atom is 0.303 e. The van der Waals surface area contributed by atoms with Crippen molar-refractivity contribution in [2.24, 2.45) is 5.92 Å². The van der Waals surface area contributed by atoms with Crippen LogP contribution in [0.15, 0.2) is 18.5 Å². The topological polar surface area (TPSA) is 75.4 Å². The second-order valence-corrected chi connectivity index (χ2v) is 5.82. The van der Waals surface area contributed by atoms with Crippen molar-refractivity contribution in [3.63, 3.8) is 0 Å². The molecule has 2 aliphatic heterocycles. The summed E-state index contributed by atoms with van der Waals surface area (Å²) in [6.45, 7) is 0.281. The van der Waals surface area contributed by atoms with Crippen molar-refractivity contribution < 1.29 is 14.7 Å². The number of rotatable bonds is 4. The molecular formula is C14H19N3O3. The highest BCUT2D eigenvalue weighted by Crippen LogP contribution is 2.40. The molecule has 2 fully saturated rings. The maximum absolute atomic E-state index is 12.4. The minimum Gasteiger partial charge on any atom is -0.481 e. The summed E-state index contributed by atoms with van der Waals surface area (Å²) in [7, 11) is 0. The minimum atomic E-state index is -0.731. The van der Waals surface area contributed by atoms with E-state index < -0.39 is 5.97 Å². The van der Waals surface area contributed by atoms with Crippen molar-refractivity contribution in [1.82, 2.24) is 14.7 Å². The summed E-state index contributed by atoms with van der Waals surface area (Å²) in [6.07, 6.45) is 7.35. The van der Waals surface area contributed by atoms with Gasteiger partial charge in [-0.05, 0) is 37.7 Å². The van der Waals surface area contributed by atoms with Gasteiger partial charge in [-0.15, -0.1) is 0 Å². The molecule has 1 aromatic heterocycles. The van der Waals surface area contributed by atoms with E-state index in [1.54, 1.807) is 23.1 Å². The molecule has 0 saturated carbocycles. The van der Waals surface area contributed by atoms with Gasteiger partial charge in [0.05, 0.1) is 0 Å². The van der Waals surface area contributed by atoms with Crippen molar-refractivity contribution in [3.05, 3.63) is 18.5 Å². The number of amides is 1. The lowest BCUT2D eigenvalue weighted by molar-refractivity contribution is -0.140. The number of fused-ring (bicyclic) bond motifs is 2. The third-order valence-corrected chi connectivity index (χ3v) is 4.44. The first kappa shape index (κ1) is 13.1. The number of piperidine rings is 1. The van der Waals surface area contributed by atoms with E-state index in [2.05, 4.69) is 5.10 Å². The third kappa shape index (κ3) is 2.55. The standard InChI is InChI=1S/C14H19N3O3/c18-13(9-16-5-1-4-15-16)17-11-2-3-12(17)7-10(6-11)8-14(19)20/h1,4-5,10-12H,2-3,6-9H2,(H,19,20). The number of carbonyl (C=O) groups is 2. The predicted octanol–water partition coefficient (Wildman–Crippen LogP) is 1.13. The Hall–Kier alpha value is -1.85. The average molecular weight is 277 g/mol. The number of hydrogen-bond donors (Lipinski definition) is 1. The molecule has 0 aromatic carbocycles. The van der Waals surface area contributed by atoms with Crippen LogP contribution in [0.25, 0.3) is 0 Å². The van der Waals surface area contributed by atoms with Crippen LogP contribution in [0, 0.1) is 5.92 Å². The SMILES string of the molecule is O=C(O)CC1CC2CCC(C1)N2C(=O)Cn1cccn1. The van der Waals surface area contributed by atoms with Gasteiger partial charge in [-0.3, -0.25) is 14.3 Å². The first-order valence-corrected chi connectivity index (χ1v) is 7.14. The van der Waals surface area contributed by atoms with Crippen LogP contribution in [0.5, 0.6) is 0 Å².